The van der Waals surface area contributed by atoms with Crippen LogP contribution in [-0.4, -0.2) is 64.5 Å². The van der Waals surface area contributed by atoms with Crippen molar-refractivity contribution < 1.29 is 19.1 Å². The van der Waals surface area contributed by atoms with E-state index < -0.39 is 23.3 Å². The Labute approximate surface area is 174 Å². The molecule has 3 heterocycles. The Morgan fingerprint density at radius 1 is 1.28 bits per heavy atom. The second kappa shape index (κ2) is 7.16. The molecule has 7 nitrogen and oxygen atoms in total. The van der Waals surface area contributed by atoms with Gasteiger partial charge in [0.2, 0.25) is 11.8 Å². The van der Waals surface area contributed by atoms with Gasteiger partial charge in [-0.05, 0) is 26.3 Å². The maximum absolute atomic E-state index is 13.0. The molecule has 0 aliphatic carbocycles. The van der Waals surface area contributed by atoms with Gasteiger partial charge in [0.15, 0.2) is 5.17 Å². The van der Waals surface area contributed by atoms with Gasteiger partial charge in [0.05, 0.1) is 31.5 Å². The van der Waals surface area contributed by atoms with Crippen molar-refractivity contribution in [1.82, 2.24) is 9.80 Å². The molecule has 0 bridgehead atoms. The molecule has 4 atom stereocenters. The van der Waals surface area contributed by atoms with Crippen molar-refractivity contribution in [3.05, 3.63) is 35.4 Å². The fourth-order valence-electron chi connectivity index (χ4n) is 4.86. The number of esters is 1. The Hall–Kier alpha value is -2.35. The summed E-state index contributed by atoms with van der Waals surface area (Å²) in [6.07, 6.45) is 0. The molecule has 154 valence electrons. The minimum atomic E-state index is -1.24. The smallest absolute Gasteiger partial charge is 0.332 e. The zero-order chi connectivity index (χ0) is 20.9. The summed E-state index contributed by atoms with van der Waals surface area (Å²) in [5, 5.41) is 0.696. The number of hydrogen-bond donors (Lipinski definition) is 0. The van der Waals surface area contributed by atoms with E-state index in [-0.39, 0.29) is 17.9 Å². The van der Waals surface area contributed by atoms with Crippen molar-refractivity contribution in [3.63, 3.8) is 0 Å². The van der Waals surface area contributed by atoms with E-state index in [2.05, 4.69) is 29.3 Å². The van der Waals surface area contributed by atoms with Crippen LogP contribution in [0.4, 0.5) is 0 Å². The number of rotatable bonds is 4. The lowest BCUT2D eigenvalue weighted by Crippen LogP contribution is -2.57. The predicted molar refractivity (Wildman–Crippen MR) is 110 cm³/mol. The Kier molecular flexibility index (Phi) is 4.93. The molecule has 1 aromatic carbocycles. The van der Waals surface area contributed by atoms with Gasteiger partial charge in [-0.3, -0.25) is 19.5 Å². The highest BCUT2D eigenvalue weighted by Crippen LogP contribution is 2.52. The zero-order valence-corrected chi connectivity index (χ0v) is 17.9. The molecule has 3 aliphatic heterocycles. The number of hydrogen-bond acceptors (Lipinski definition) is 7. The van der Waals surface area contributed by atoms with Crippen LogP contribution in [0.15, 0.2) is 29.3 Å². The number of amides is 2. The van der Waals surface area contributed by atoms with Gasteiger partial charge in [-0.2, -0.15) is 0 Å². The Balaban J connectivity index is 1.65. The van der Waals surface area contributed by atoms with Crippen molar-refractivity contribution in [1.29, 1.82) is 0 Å². The van der Waals surface area contributed by atoms with Crippen LogP contribution in [-0.2, 0) is 24.9 Å². The van der Waals surface area contributed by atoms with Crippen LogP contribution in [0.1, 0.15) is 25.0 Å². The zero-order valence-electron chi connectivity index (χ0n) is 17.0. The van der Waals surface area contributed by atoms with E-state index in [0.717, 1.165) is 5.56 Å². The number of benzene rings is 1. The summed E-state index contributed by atoms with van der Waals surface area (Å²) in [5.41, 5.74) is 1.10. The average Bonchev–Trinajstić information content (AvgIpc) is 3.32. The molecule has 0 unspecified atom stereocenters. The molecule has 0 radical (unpaired) electrons. The molecule has 0 spiro atoms. The van der Waals surface area contributed by atoms with E-state index in [4.69, 9.17) is 4.74 Å². The third-order valence-electron chi connectivity index (χ3n) is 6.32. The number of thioether (sulfide) groups is 1. The number of methoxy groups -OCH3 is 1. The summed E-state index contributed by atoms with van der Waals surface area (Å²) in [7, 11) is 1.32. The summed E-state index contributed by atoms with van der Waals surface area (Å²) in [4.78, 5) is 46.7. The van der Waals surface area contributed by atoms with E-state index in [1.807, 2.05) is 11.8 Å². The van der Waals surface area contributed by atoms with E-state index in [1.165, 1.54) is 29.3 Å². The summed E-state index contributed by atoms with van der Waals surface area (Å²) >= 11 is 1.53. The summed E-state index contributed by atoms with van der Waals surface area (Å²) < 4.78 is 5.10. The number of aryl methyl sites for hydroxylation is 1. The molecule has 3 aliphatic rings. The first kappa shape index (κ1) is 19.9. The minimum absolute atomic E-state index is 0.204. The topological polar surface area (TPSA) is 79.3 Å². The van der Waals surface area contributed by atoms with Crippen LogP contribution in [0.25, 0.3) is 0 Å². The molecule has 0 saturated carbocycles. The molecule has 4 rings (SSSR count). The van der Waals surface area contributed by atoms with Crippen LogP contribution in [0.2, 0.25) is 0 Å². The Morgan fingerprint density at radius 2 is 1.97 bits per heavy atom. The minimum Gasteiger partial charge on any atom is -0.467 e. The van der Waals surface area contributed by atoms with Gasteiger partial charge >= 0.3 is 5.97 Å². The highest BCUT2D eigenvalue weighted by atomic mass is 32.2. The second-order valence-electron chi connectivity index (χ2n) is 7.90. The van der Waals surface area contributed by atoms with E-state index in [9.17, 15) is 14.4 Å². The molecule has 2 fully saturated rings. The predicted octanol–water partition coefficient (Wildman–Crippen LogP) is 1.83. The van der Waals surface area contributed by atoms with Gasteiger partial charge in [0.1, 0.15) is 5.54 Å². The SMILES string of the molecule is CCN1C(=O)[C@H]2[C@H]3CN=C(SCc4ccc(C)cc4)N3[C@@](C)(C(=O)OC)[C@H]2C1=O. The van der Waals surface area contributed by atoms with Crippen molar-refractivity contribution in [2.45, 2.75) is 38.1 Å². The van der Waals surface area contributed by atoms with Crippen LogP contribution >= 0.6 is 11.8 Å². The van der Waals surface area contributed by atoms with Crippen molar-refractivity contribution >= 4 is 34.7 Å². The highest BCUT2D eigenvalue weighted by molar-refractivity contribution is 8.13. The van der Waals surface area contributed by atoms with Gasteiger partial charge in [-0.1, -0.05) is 41.6 Å². The number of amidine groups is 1. The fraction of sp³-hybridized carbons (Fsp3) is 0.524. The molecular weight excluding hydrogens is 390 g/mol. The number of imide groups is 1. The van der Waals surface area contributed by atoms with Gasteiger partial charge in [-0.25, -0.2) is 4.79 Å². The van der Waals surface area contributed by atoms with E-state index >= 15 is 0 Å². The average molecular weight is 416 g/mol. The lowest BCUT2D eigenvalue weighted by Gasteiger charge is -2.37. The maximum Gasteiger partial charge on any atom is 0.332 e. The lowest BCUT2D eigenvalue weighted by molar-refractivity contribution is -0.156. The van der Waals surface area contributed by atoms with Crippen molar-refractivity contribution in [2.24, 2.45) is 16.8 Å². The molecular formula is C21H25N3O4S. The monoisotopic (exact) mass is 415 g/mol. The van der Waals surface area contributed by atoms with Crippen molar-refractivity contribution in [2.75, 3.05) is 20.2 Å². The number of aliphatic imine (C=N–C) groups is 1. The number of ether oxygens (including phenoxy) is 1. The first-order valence-electron chi connectivity index (χ1n) is 9.80. The van der Waals surface area contributed by atoms with Gasteiger partial charge < -0.3 is 9.64 Å². The number of likely N-dealkylation sites (tertiary alicyclic amines) is 1. The second-order valence-corrected chi connectivity index (χ2v) is 8.84. The van der Waals surface area contributed by atoms with Crippen LogP contribution < -0.4 is 0 Å². The molecule has 2 saturated heterocycles. The van der Waals surface area contributed by atoms with E-state index in [0.29, 0.717) is 24.0 Å². The molecule has 0 N–H and O–H groups in total. The summed E-state index contributed by atoms with van der Waals surface area (Å²) in [6, 6.07) is 7.96. The normalized spacial score (nSPS) is 30.5. The fourth-order valence-corrected chi connectivity index (χ4v) is 5.98. The molecule has 2 amide bonds. The first-order valence-corrected chi connectivity index (χ1v) is 10.8. The van der Waals surface area contributed by atoms with Crippen molar-refractivity contribution in [3.8, 4) is 0 Å². The van der Waals surface area contributed by atoms with Crippen LogP contribution in [0.3, 0.4) is 0 Å². The third kappa shape index (κ3) is 2.79. The van der Waals surface area contributed by atoms with Gasteiger partial charge in [-0.15, -0.1) is 0 Å². The van der Waals surface area contributed by atoms with Gasteiger partial charge in [0, 0.05) is 12.3 Å². The quantitative estimate of drug-likeness (QED) is 0.552. The van der Waals surface area contributed by atoms with E-state index in [1.54, 1.807) is 13.8 Å². The van der Waals surface area contributed by atoms with Gasteiger partial charge in [0.25, 0.3) is 0 Å². The Bertz CT molecular complexity index is 900. The summed E-state index contributed by atoms with van der Waals surface area (Å²) in [6.45, 7) is 6.25. The number of carbonyl (C=O) groups is 3. The molecule has 8 heteroatoms. The molecule has 29 heavy (non-hydrogen) atoms. The number of nitrogens with zero attached hydrogens (tertiary/aromatic N) is 3. The highest BCUT2D eigenvalue weighted by Gasteiger charge is 2.71. The lowest BCUT2D eigenvalue weighted by atomic mass is 9.81. The summed E-state index contributed by atoms with van der Waals surface area (Å²) in [5.74, 6) is -1.60. The number of fused-ring (bicyclic) bond motifs is 3. The van der Waals surface area contributed by atoms with Crippen LogP contribution in [0.5, 0.6) is 0 Å². The third-order valence-corrected chi connectivity index (χ3v) is 7.38. The molecule has 1 aromatic rings. The number of carbonyl (C=O) groups excluding carboxylic acids is 3. The Morgan fingerprint density at radius 3 is 2.59 bits per heavy atom. The molecule has 0 aromatic heterocycles. The van der Waals surface area contributed by atoms with Crippen LogP contribution in [0, 0.1) is 18.8 Å². The maximum atomic E-state index is 13.0. The first-order chi connectivity index (χ1) is 13.8. The largest absolute Gasteiger partial charge is 0.467 e. The standard InChI is InChI=1S/C21H25N3O4S/c1-5-23-17(25)15-14-10-22-20(29-11-13-8-6-12(2)7-9-13)24(14)21(3,19(27)28-4)16(15)18(23)26/h6-9,14-16H,5,10-11H2,1-4H3/t14-,15+,16-,21-/m1/s1.